The molecule has 3 aromatic rings. The number of nitrogens with zero attached hydrogens (tertiary/aromatic N) is 2. The number of pyridine rings is 1. The fourth-order valence-electron chi connectivity index (χ4n) is 3.81. The predicted molar refractivity (Wildman–Crippen MR) is 124 cm³/mol. The minimum absolute atomic E-state index is 0.231. The molecular formula is C24H27N3O4S. The zero-order valence-corrected chi connectivity index (χ0v) is 18.8. The number of rotatable bonds is 8. The van der Waals surface area contributed by atoms with Crippen LogP contribution in [0.3, 0.4) is 0 Å². The van der Waals surface area contributed by atoms with Crippen molar-refractivity contribution in [3.8, 4) is 5.75 Å². The fraction of sp³-hybridized carbons (Fsp3) is 0.375. The number of anilines is 1. The molecule has 0 radical (unpaired) electrons. The summed E-state index contributed by atoms with van der Waals surface area (Å²) >= 11 is 1.42. The number of carbonyl (C=O) groups excluding carboxylic acids is 1. The third-order valence-corrected chi connectivity index (χ3v) is 6.38. The number of amides is 1. The first-order valence-corrected chi connectivity index (χ1v) is 11.6. The molecule has 1 aromatic carbocycles. The van der Waals surface area contributed by atoms with Gasteiger partial charge in [-0.3, -0.25) is 9.59 Å². The molecule has 4 rings (SSSR count). The Morgan fingerprint density at radius 2 is 2.06 bits per heavy atom. The Balaban J connectivity index is 1.52. The van der Waals surface area contributed by atoms with Crippen LogP contribution in [0.15, 0.2) is 59.7 Å². The van der Waals surface area contributed by atoms with Crippen LogP contribution in [0.4, 0.5) is 5.13 Å². The molecule has 0 spiro atoms. The van der Waals surface area contributed by atoms with Gasteiger partial charge in [0.25, 0.3) is 5.56 Å². The molecule has 32 heavy (non-hydrogen) atoms. The summed E-state index contributed by atoms with van der Waals surface area (Å²) in [6.45, 7) is 3.68. The van der Waals surface area contributed by atoms with Crippen molar-refractivity contribution in [3.05, 3.63) is 75.7 Å². The summed E-state index contributed by atoms with van der Waals surface area (Å²) in [6, 6.07) is 12.3. The molecule has 0 saturated carbocycles. The Bertz CT molecular complexity index is 1090. The van der Waals surface area contributed by atoms with E-state index in [9.17, 15) is 9.59 Å². The van der Waals surface area contributed by atoms with Crippen LogP contribution in [0.1, 0.15) is 35.7 Å². The monoisotopic (exact) mass is 453 g/mol. The van der Waals surface area contributed by atoms with E-state index in [0.29, 0.717) is 43.0 Å². The van der Waals surface area contributed by atoms with E-state index in [1.165, 1.54) is 22.0 Å². The van der Waals surface area contributed by atoms with Gasteiger partial charge in [-0.25, -0.2) is 4.98 Å². The lowest BCUT2D eigenvalue weighted by atomic mass is 9.92. The SMILES string of the molecule is Cc1cnc(NC(=O)C(CC2CCOCC2)n2ccc(OCc3ccccc3)cc2=O)s1. The Kier molecular flexibility index (Phi) is 7.34. The molecule has 1 fully saturated rings. The topological polar surface area (TPSA) is 82.4 Å². The molecular weight excluding hydrogens is 426 g/mol. The molecule has 1 saturated heterocycles. The lowest BCUT2D eigenvalue weighted by Crippen LogP contribution is -2.35. The number of ether oxygens (including phenoxy) is 2. The molecule has 1 N–H and O–H groups in total. The minimum Gasteiger partial charge on any atom is -0.489 e. The predicted octanol–water partition coefficient (Wildman–Crippen LogP) is 4.19. The quantitative estimate of drug-likeness (QED) is 0.553. The highest BCUT2D eigenvalue weighted by Crippen LogP contribution is 2.27. The van der Waals surface area contributed by atoms with Crippen molar-refractivity contribution in [1.82, 2.24) is 9.55 Å². The van der Waals surface area contributed by atoms with Crippen molar-refractivity contribution < 1.29 is 14.3 Å². The average molecular weight is 454 g/mol. The lowest BCUT2D eigenvalue weighted by Gasteiger charge is -2.27. The molecule has 168 valence electrons. The van der Waals surface area contributed by atoms with Crippen LogP contribution in [0.25, 0.3) is 0 Å². The van der Waals surface area contributed by atoms with E-state index in [1.54, 1.807) is 18.5 Å². The van der Waals surface area contributed by atoms with Gasteiger partial charge in [-0.2, -0.15) is 0 Å². The normalized spacial score (nSPS) is 15.3. The van der Waals surface area contributed by atoms with Gasteiger partial charge in [-0.1, -0.05) is 30.3 Å². The van der Waals surface area contributed by atoms with Crippen molar-refractivity contribution in [2.24, 2.45) is 5.92 Å². The second kappa shape index (κ2) is 10.6. The Morgan fingerprint density at radius 3 is 2.75 bits per heavy atom. The third-order valence-electron chi connectivity index (χ3n) is 5.56. The molecule has 0 aliphatic carbocycles. The van der Waals surface area contributed by atoms with Gasteiger partial charge in [0.15, 0.2) is 5.13 Å². The van der Waals surface area contributed by atoms with E-state index in [2.05, 4.69) is 10.3 Å². The van der Waals surface area contributed by atoms with Crippen LogP contribution in [0.5, 0.6) is 5.75 Å². The van der Waals surface area contributed by atoms with E-state index < -0.39 is 6.04 Å². The van der Waals surface area contributed by atoms with Gasteiger partial charge in [0, 0.05) is 36.6 Å². The summed E-state index contributed by atoms with van der Waals surface area (Å²) in [6.07, 6.45) is 5.71. The highest BCUT2D eigenvalue weighted by molar-refractivity contribution is 7.15. The standard InChI is InChI=1S/C24H27N3O4S/c1-17-15-25-24(32-17)26-23(29)21(13-18-8-11-30-12-9-18)27-10-7-20(14-22(27)28)31-16-19-5-3-2-4-6-19/h2-7,10,14-15,18,21H,8-9,11-13,16H2,1H3,(H,25,26,29). The summed E-state index contributed by atoms with van der Waals surface area (Å²) in [7, 11) is 0. The molecule has 1 amide bonds. The maximum Gasteiger partial charge on any atom is 0.254 e. The molecule has 2 aromatic heterocycles. The van der Waals surface area contributed by atoms with Gasteiger partial charge in [0.2, 0.25) is 5.91 Å². The van der Waals surface area contributed by atoms with Crippen LogP contribution in [-0.2, 0) is 16.1 Å². The number of aromatic nitrogens is 2. The number of nitrogens with one attached hydrogen (secondary N) is 1. The molecule has 0 bridgehead atoms. The first-order valence-electron chi connectivity index (χ1n) is 10.8. The minimum atomic E-state index is -0.627. The summed E-state index contributed by atoms with van der Waals surface area (Å²) in [5.41, 5.74) is 0.755. The van der Waals surface area contributed by atoms with Gasteiger partial charge < -0.3 is 19.4 Å². The Morgan fingerprint density at radius 1 is 1.28 bits per heavy atom. The Labute approximate surface area is 191 Å². The van der Waals surface area contributed by atoms with Gasteiger partial charge >= 0.3 is 0 Å². The molecule has 1 atom stereocenters. The van der Waals surface area contributed by atoms with Crippen molar-refractivity contribution >= 4 is 22.4 Å². The number of aryl methyl sites for hydroxylation is 1. The van der Waals surface area contributed by atoms with Crippen LogP contribution >= 0.6 is 11.3 Å². The van der Waals surface area contributed by atoms with E-state index in [1.807, 2.05) is 37.3 Å². The van der Waals surface area contributed by atoms with E-state index in [4.69, 9.17) is 9.47 Å². The van der Waals surface area contributed by atoms with Crippen molar-refractivity contribution in [2.75, 3.05) is 18.5 Å². The summed E-state index contributed by atoms with van der Waals surface area (Å²) in [5, 5.41) is 3.43. The van der Waals surface area contributed by atoms with E-state index >= 15 is 0 Å². The largest absolute Gasteiger partial charge is 0.489 e. The van der Waals surface area contributed by atoms with Crippen molar-refractivity contribution in [3.63, 3.8) is 0 Å². The van der Waals surface area contributed by atoms with Gasteiger partial charge in [-0.05, 0) is 43.7 Å². The van der Waals surface area contributed by atoms with E-state index in [0.717, 1.165) is 23.3 Å². The maximum absolute atomic E-state index is 13.2. The van der Waals surface area contributed by atoms with Crippen molar-refractivity contribution in [2.45, 2.75) is 38.8 Å². The fourth-order valence-corrected chi connectivity index (χ4v) is 4.47. The van der Waals surface area contributed by atoms with Crippen LogP contribution in [0.2, 0.25) is 0 Å². The average Bonchev–Trinajstić information content (AvgIpc) is 3.22. The van der Waals surface area contributed by atoms with Crippen LogP contribution in [0, 0.1) is 12.8 Å². The smallest absolute Gasteiger partial charge is 0.254 e. The van der Waals surface area contributed by atoms with Crippen molar-refractivity contribution in [1.29, 1.82) is 0 Å². The zero-order chi connectivity index (χ0) is 22.3. The summed E-state index contributed by atoms with van der Waals surface area (Å²) < 4.78 is 12.7. The molecule has 1 aliphatic rings. The first-order chi connectivity index (χ1) is 15.6. The molecule has 1 unspecified atom stereocenters. The number of hydrogen-bond donors (Lipinski definition) is 1. The third kappa shape index (κ3) is 5.83. The molecule has 1 aliphatic heterocycles. The van der Waals surface area contributed by atoms with Gasteiger partial charge in [0.1, 0.15) is 18.4 Å². The molecule has 8 heteroatoms. The number of benzene rings is 1. The number of carbonyl (C=O) groups is 1. The van der Waals surface area contributed by atoms with Gasteiger partial charge in [0.05, 0.1) is 0 Å². The van der Waals surface area contributed by atoms with E-state index in [-0.39, 0.29) is 11.5 Å². The summed E-state index contributed by atoms with van der Waals surface area (Å²) in [5.74, 6) is 0.570. The second-order valence-corrected chi connectivity index (χ2v) is 9.19. The highest BCUT2D eigenvalue weighted by Gasteiger charge is 2.27. The van der Waals surface area contributed by atoms with Gasteiger partial charge in [-0.15, -0.1) is 11.3 Å². The maximum atomic E-state index is 13.2. The lowest BCUT2D eigenvalue weighted by molar-refractivity contribution is -0.120. The zero-order valence-electron chi connectivity index (χ0n) is 18.0. The first kappa shape index (κ1) is 22.2. The second-order valence-electron chi connectivity index (χ2n) is 7.95. The number of thiazole rings is 1. The molecule has 3 heterocycles. The van der Waals surface area contributed by atoms with Crippen LogP contribution < -0.4 is 15.6 Å². The number of hydrogen-bond acceptors (Lipinski definition) is 6. The highest BCUT2D eigenvalue weighted by atomic mass is 32.1. The molecule has 7 nitrogen and oxygen atoms in total. The Hall–Kier alpha value is -2.97. The summed E-state index contributed by atoms with van der Waals surface area (Å²) in [4.78, 5) is 31.4. The van der Waals surface area contributed by atoms with Crippen LogP contribution in [-0.4, -0.2) is 28.7 Å².